The lowest BCUT2D eigenvalue weighted by Gasteiger charge is -2.33. The molecule has 2 heterocycles. The monoisotopic (exact) mass is 341 g/mol. The minimum Gasteiger partial charge on any atom is -0.373 e. The van der Waals surface area contributed by atoms with Gasteiger partial charge in [-0.25, -0.2) is 0 Å². The summed E-state index contributed by atoms with van der Waals surface area (Å²) in [5.41, 5.74) is 4.13. The number of likely N-dealkylation sites (tertiary alicyclic amines) is 1. The zero-order valence-electron chi connectivity index (χ0n) is 15.3. The molecule has 0 radical (unpaired) electrons. The van der Waals surface area contributed by atoms with Crippen LogP contribution >= 0.6 is 0 Å². The Labute approximate surface area is 149 Å². The molecule has 1 amide bonds. The van der Waals surface area contributed by atoms with Gasteiger partial charge in [0.25, 0.3) is 0 Å². The molecule has 1 fully saturated rings. The van der Waals surface area contributed by atoms with Crippen LogP contribution in [0.15, 0.2) is 30.3 Å². The number of carbonyl (C=O) groups is 1. The van der Waals surface area contributed by atoms with Crippen LogP contribution in [0.4, 0.5) is 0 Å². The van der Waals surface area contributed by atoms with Crippen molar-refractivity contribution in [2.75, 3.05) is 13.1 Å². The first-order valence-electron chi connectivity index (χ1n) is 9.02. The second kappa shape index (κ2) is 7.83. The number of carbonyl (C=O) groups excluding carboxylic acids is 1. The van der Waals surface area contributed by atoms with Crippen LogP contribution in [0.3, 0.4) is 0 Å². The smallest absolute Gasteiger partial charge is 0.229 e. The summed E-state index contributed by atoms with van der Waals surface area (Å²) in [7, 11) is 0. The Hall–Kier alpha value is -2.14. The summed E-state index contributed by atoms with van der Waals surface area (Å²) in [4.78, 5) is 14.8. The number of benzene rings is 1. The van der Waals surface area contributed by atoms with E-state index in [1.54, 1.807) is 0 Å². The van der Waals surface area contributed by atoms with Gasteiger partial charge in [0.05, 0.1) is 24.3 Å². The molecule has 5 heteroatoms. The van der Waals surface area contributed by atoms with E-state index >= 15 is 0 Å². The number of nitrogens with zero attached hydrogens (tertiary/aromatic N) is 2. The normalized spacial score (nSPS) is 16.8. The van der Waals surface area contributed by atoms with Gasteiger partial charge in [-0.2, -0.15) is 5.10 Å². The van der Waals surface area contributed by atoms with Crippen molar-refractivity contribution in [1.29, 1.82) is 0 Å². The van der Waals surface area contributed by atoms with Crippen molar-refractivity contribution in [3.63, 3.8) is 0 Å². The highest BCUT2D eigenvalue weighted by atomic mass is 16.5. The van der Waals surface area contributed by atoms with Crippen LogP contribution in [0.25, 0.3) is 0 Å². The van der Waals surface area contributed by atoms with E-state index in [9.17, 15) is 4.79 Å². The number of ether oxygens (including phenoxy) is 1. The molecular weight excluding hydrogens is 314 g/mol. The quantitative estimate of drug-likeness (QED) is 0.907. The molecule has 0 aliphatic carbocycles. The van der Waals surface area contributed by atoms with Crippen molar-refractivity contribution in [2.45, 2.75) is 52.2 Å². The summed E-state index contributed by atoms with van der Waals surface area (Å²) in [6.07, 6.45) is 2.03. The summed E-state index contributed by atoms with van der Waals surface area (Å²) < 4.78 is 6.02. The van der Waals surface area contributed by atoms with Gasteiger partial charge >= 0.3 is 0 Å². The molecule has 134 valence electrons. The zero-order valence-corrected chi connectivity index (χ0v) is 15.3. The SMILES string of the molecule is Cc1n[nH]c(C)c1C(C)C(=O)N1CCC(OCc2ccccc2)CC1. The maximum absolute atomic E-state index is 12.8. The van der Waals surface area contributed by atoms with Crippen LogP contribution in [-0.2, 0) is 16.1 Å². The molecule has 1 saturated heterocycles. The molecule has 0 saturated carbocycles. The van der Waals surface area contributed by atoms with Gasteiger partial charge in [-0.05, 0) is 39.2 Å². The molecule has 3 rings (SSSR count). The van der Waals surface area contributed by atoms with Crippen LogP contribution < -0.4 is 0 Å². The van der Waals surface area contributed by atoms with Gasteiger partial charge in [0.1, 0.15) is 0 Å². The van der Waals surface area contributed by atoms with Crippen molar-refractivity contribution in [2.24, 2.45) is 0 Å². The van der Waals surface area contributed by atoms with Gasteiger partial charge in [-0.15, -0.1) is 0 Å². The highest BCUT2D eigenvalue weighted by Crippen LogP contribution is 2.25. The number of hydrogen-bond acceptors (Lipinski definition) is 3. The van der Waals surface area contributed by atoms with Crippen LogP contribution in [0.2, 0.25) is 0 Å². The fourth-order valence-corrected chi connectivity index (χ4v) is 3.63. The summed E-state index contributed by atoms with van der Waals surface area (Å²) in [5, 5.41) is 7.19. The van der Waals surface area contributed by atoms with Crippen molar-refractivity contribution in [1.82, 2.24) is 15.1 Å². The standard InChI is InChI=1S/C20H27N3O2/c1-14(19-15(2)21-22-16(19)3)20(24)23-11-9-18(10-12-23)25-13-17-7-5-4-6-8-17/h4-8,14,18H,9-13H2,1-3H3,(H,21,22). The fraction of sp³-hybridized carbons (Fsp3) is 0.500. The van der Waals surface area contributed by atoms with Gasteiger partial charge in [-0.1, -0.05) is 30.3 Å². The number of aryl methyl sites for hydroxylation is 2. The summed E-state index contributed by atoms with van der Waals surface area (Å²) in [6, 6.07) is 10.2. The van der Waals surface area contributed by atoms with Crippen molar-refractivity contribution in [3.8, 4) is 0 Å². The van der Waals surface area contributed by atoms with E-state index in [1.807, 2.05) is 43.9 Å². The summed E-state index contributed by atoms with van der Waals surface area (Å²) in [6.45, 7) is 8.07. The van der Waals surface area contributed by atoms with Crippen LogP contribution in [0, 0.1) is 13.8 Å². The number of rotatable bonds is 5. The molecule has 25 heavy (non-hydrogen) atoms. The lowest BCUT2D eigenvalue weighted by molar-refractivity contribution is -0.135. The van der Waals surface area contributed by atoms with E-state index in [0.717, 1.165) is 42.9 Å². The third-order valence-electron chi connectivity index (χ3n) is 5.07. The predicted octanol–water partition coefficient (Wildman–Crippen LogP) is 3.34. The third-order valence-corrected chi connectivity index (χ3v) is 5.07. The molecule has 1 aliphatic rings. The molecule has 1 N–H and O–H groups in total. The zero-order chi connectivity index (χ0) is 17.8. The Bertz CT molecular complexity index is 683. The second-order valence-electron chi connectivity index (χ2n) is 6.89. The van der Waals surface area contributed by atoms with Gasteiger partial charge in [0.2, 0.25) is 5.91 Å². The van der Waals surface area contributed by atoms with Crippen LogP contribution in [0.1, 0.15) is 48.2 Å². The Morgan fingerprint density at radius 2 is 1.96 bits per heavy atom. The van der Waals surface area contributed by atoms with Crippen LogP contribution in [0.5, 0.6) is 0 Å². The summed E-state index contributed by atoms with van der Waals surface area (Å²) >= 11 is 0. The number of aromatic amines is 1. The number of hydrogen-bond donors (Lipinski definition) is 1. The van der Waals surface area contributed by atoms with Gasteiger partial charge in [-0.3, -0.25) is 9.89 Å². The summed E-state index contributed by atoms with van der Waals surface area (Å²) in [5.74, 6) is 0.0367. The molecule has 1 unspecified atom stereocenters. The highest BCUT2D eigenvalue weighted by molar-refractivity contribution is 5.84. The molecule has 1 atom stereocenters. The minimum absolute atomic E-state index is 0.152. The molecular formula is C20H27N3O2. The van der Waals surface area contributed by atoms with Crippen molar-refractivity contribution < 1.29 is 9.53 Å². The maximum atomic E-state index is 12.8. The topological polar surface area (TPSA) is 58.2 Å². The third kappa shape index (κ3) is 4.10. The number of nitrogens with one attached hydrogen (secondary N) is 1. The van der Waals surface area contributed by atoms with E-state index in [1.165, 1.54) is 5.56 Å². The van der Waals surface area contributed by atoms with E-state index in [2.05, 4.69) is 22.3 Å². The largest absolute Gasteiger partial charge is 0.373 e. The average Bonchev–Trinajstić information content (AvgIpc) is 2.98. The number of piperidine rings is 1. The molecule has 0 spiro atoms. The minimum atomic E-state index is -0.152. The Morgan fingerprint density at radius 1 is 1.28 bits per heavy atom. The first-order valence-corrected chi connectivity index (χ1v) is 9.02. The average molecular weight is 341 g/mol. The van der Waals surface area contributed by atoms with E-state index < -0.39 is 0 Å². The molecule has 1 aromatic carbocycles. The maximum Gasteiger partial charge on any atom is 0.229 e. The first-order chi connectivity index (χ1) is 12.1. The molecule has 1 aromatic heterocycles. The molecule has 2 aromatic rings. The van der Waals surface area contributed by atoms with Gasteiger partial charge in [0.15, 0.2) is 0 Å². The Balaban J connectivity index is 1.51. The van der Waals surface area contributed by atoms with Gasteiger partial charge in [0, 0.05) is 24.3 Å². The Kier molecular flexibility index (Phi) is 5.53. The molecule has 0 bridgehead atoms. The number of H-pyrrole nitrogens is 1. The highest BCUT2D eigenvalue weighted by Gasteiger charge is 2.29. The molecule has 5 nitrogen and oxygen atoms in total. The fourth-order valence-electron chi connectivity index (χ4n) is 3.63. The first kappa shape index (κ1) is 17.7. The van der Waals surface area contributed by atoms with Crippen LogP contribution in [-0.4, -0.2) is 40.2 Å². The lowest BCUT2D eigenvalue weighted by atomic mass is 9.96. The lowest BCUT2D eigenvalue weighted by Crippen LogP contribution is -2.42. The van der Waals surface area contributed by atoms with Crippen molar-refractivity contribution in [3.05, 3.63) is 52.8 Å². The van der Waals surface area contributed by atoms with E-state index in [4.69, 9.17) is 4.74 Å². The van der Waals surface area contributed by atoms with Crippen molar-refractivity contribution >= 4 is 5.91 Å². The second-order valence-corrected chi connectivity index (χ2v) is 6.89. The number of amides is 1. The van der Waals surface area contributed by atoms with Gasteiger partial charge < -0.3 is 9.64 Å². The Morgan fingerprint density at radius 3 is 2.56 bits per heavy atom. The van der Waals surface area contributed by atoms with E-state index in [0.29, 0.717) is 6.61 Å². The van der Waals surface area contributed by atoms with E-state index in [-0.39, 0.29) is 17.9 Å². The number of aromatic nitrogens is 2. The predicted molar refractivity (Wildman–Crippen MR) is 97.3 cm³/mol. The molecule has 1 aliphatic heterocycles.